The average molecular weight is 785 g/mol. The number of alkyl carbamates (subject to hydrolysis) is 1. The lowest BCUT2D eigenvalue weighted by Gasteiger charge is -2.38. The Morgan fingerprint density at radius 2 is 1.12 bits per heavy atom. The number of carbonyl (C=O) groups is 3. The van der Waals surface area contributed by atoms with Gasteiger partial charge in [0.05, 0.1) is 22.2 Å². The molecule has 2 fully saturated rings. The minimum Gasteiger partial charge on any atom is -0.509 e. The van der Waals surface area contributed by atoms with E-state index >= 15 is 0 Å². The first-order chi connectivity index (χ1) is 26.1. The standard InChI is InChI=1S/C21H26F2N2O3.C18H21F2NO2.C3H5NO/c1-5-24-19(27)28-17-16(15-11-13(3)12(2)10-14(15)4)18(26)25-20(17)6-8-21(22,23)9-7-20;1-10-8-12(3)13(9-11(10)2)14-15(22)17(21-16(14)23)4-6-18(19,20)7-5-17;1-2-4-3-5/h10-11H,5-9H2,1-4H3,(H,24,27)(H,25,26);8-9,22H,4-7H2,1-3H3,(H,21,23);2H2,1H3. The van der Waals surface area contributed by atoms with E-state index in [1.54, 1.807) is 13.8 Å². The summed E-state index contributed by atoms with van der Waals surface area (Å²) in [6.07, 6.45) is -0.512. The second-order valence-corrected chi connectivity index (χ2v) is 15.2. The molecule has 0 bridgehead atoms. The second kappa shape index (κ2) is 17.0. The molecular weight excluding hydrogens is 732 g/mol. The van der Waals surface area contributed by atoms with E-state index in [4.69, 9.17) is 9.53 Å². The molecule has 0 atom stereocenters. The van der Waals surface area contributed by atoms with Crippen LogP contribution in [0.15, 0.2) is 40.8 Å². The number of hydrogen-bond acceptors (Lipinski definition) is 7. The minimum atomic E-state index is -2.77. The van der Waals surface area contributed by atoms with Gasteiger partial charge in [0.15, 0.2) is 0 Å². The molecule has 6 rings (SSSR count). The first-order valence-corrected chi connectivity index (χ1v) is 18.9. The SMILES string of the molecule is CCN=C=O.CCNC(=O)OC1=C(c2cc(C)c(C)cc2C)C(=O)NC12CCC(F)(F)CC2.Cc1cc(C)c(C2=C(O)C3(CCC(F)(F)CC3)NC2=O)cc1C. The number of aryl methyl sites for hydroxylation is 6. The summed E-state index contributed by atoms with van der Waals surface area (Å²) < 4.78 is 60.0. The highest BCUT2D eigenvalue weighted by Gasteiger charge is 2.54. The number of nitrogens with one attached hydrogen (secondary N) is 3. The number of alkyl halides is 4. The maximum absolute atomic E-state index is 13.8. The summed E-state index contributed by atoms with van der Waals surface area (Å²) in [5.74, 6) is -6.18. The molecule has 10 nitrogen and oxygen atoms in total. The maximum atomic E-state index is 13.8. The zero-order chi connectivity index (χ0) is 41.8. The van der Waals surface area contributed by atoms with Crippen molar-refractivity contribution in [2.75, 3.05) is 13.1 Å². The van der Waals surface area contributed by atoms with E-state index in [1.165, 1.54) is 6.08 Å². The summed E-state index contributed by atoms with van der Waals surface area (Å²) in [7, 11) is 0. The average Bonchev–Trinajstić information content (AvgIpc) is 3.52. The van der Waals surface area contributed by atoms with Gasteiger partial charge in [-0.3, -0.25) is 9.59 Å². The summed E-state index contributed by atoms with van der Waals surface area (Å²) in [6.45, 7) is 16.0. The van der Waals surface area contributed by atoms with Crippen molar-refractivity contribution >= 4 is 35.1 Å². The molecule has 2 saturated carbocycles. The van der Waals surface area contributed by atoms with Crippen LogP contribution >= 0.6 is 0 Å². The molecule has 56 heavy (non-hydrogen) atoms. The van der Waals surface area contributed by atoms with Crippen molar-refractivity contribution in [1.82, 2.24) is 16.0 Å². The number of aliphatic hydroxyl groups is 1. The van der Waals surface area contributed by atoms with Gasteiger partial charge in [-0.05, 0) is 126 Å². The lowest BCUT2D eigenvalue weighted by Crippen LogP contribution is -2.50. The number of hydrogen-bond donors (Lipinski definition) is 4. The van der Waals surface area contributed by atoms with Crippen molar-refractivity contribution in [3.8, 4) is 0 Å². The molecule has 0 aromatic heterocycles. The van der Waals surface area contributed by atoms with Crippen LogP contribution in [0.3, 0.4) is 0 Å². The number of benzene rings is 2. The molecule has 2 heterocycles. The number of isocyanates is 1. The largest absolute Gasteiger partial charge is 0.509 e. The van der Waals surface area contributed by atoms with E-state index in [0.717, 1.165) is 33.4 Å². The predicted octanol–water partition coefficient (Wildman–Crippen LogP) is 8.45. The van der Waals surface area contributed by atoms with Gasteiger partial charge >= 0.3 is 6.09 Å². The predicted molar refractivity (Wildman–Crippen MR) is 205 cm³/mol. The first-order valence-electron chi connectivity index (χ1n) is 18.9. The van der Waals surface area contributed by atoms with Crippen LogP contribution < -0.4 is 16.0 Å². The van der Waals surface area contributed by atoms with E-state index in [9.17, 15) is 37.1 Å². The van der Waals surface area contributed by atoms with Gasteiger partial charge in [0.1, 0.15) is 11.5 Å². The highest BCUT2D eigenvalue weighted by Crippen LogP contribution is 2.48. The molecule has 2 aliphatic carbocycles. The molecule has 0 unspecified atom stereocenters. The highest BCUT2D eigenvalue weighted by atomic mass is 19.3. The third-order valence-electron chi connectivity index (χ3n) is 11.1. The Morgan fingerprint density at radius 3 is 1.55 bits per heavy atom. The molecule has 3 amide bonds. The van der Waals surface area contributed by atoms with E-state index in [-0.39, 0.29) is 79.9 Å². The van der Waals surface area contributed by atoms with Gasteiger partial charge in [0, 0.05) is 38.8 Å². The molecule has 4 N–H and O–H groups in total. The summed E-state index contributed by atoms with van der Waals surface area (Å²) >= 11 is 0. The van der Waals surface area contributed by atoms with Crippen LogP contribution in [0.5, 0.6) is 0 Å². The number of nitrogens with zero attached hydrogens (tertiary/aromatic N) is 1. The van der Waals surface area contributed by atoms with Gasteiger partial charge in [-0.15, -0.1) is 0 Å². The van der Waals surface area contributed by atoms with Gasteiger partial charge in [0.2, 0.25) is 17.9 Å². The van der Waals surface area contributed by atoms with E-state index in [1.807, 2.05) is 65.8 Å². The van der Waals surface area contributed by atoms with Crippen LogP contribution in [0.4, 0.5) is 22.4 Å². The number of halogens is 4. The molecule has 0 saturated heterocycles. The molecule has 2 aliphatic heterocycles. The number of carbonyl (C=O) groups excluding carboxylic acids is 4. The lowest BCUT2D eigenvalue weighted by atomic mass is 9.78. The van der Waals surface area contributed by atoms with Crippen LogP contribution in [0.1, 0.15) is 110 Å². The molecule has 14 heteroatoms. The Labute approximate surface area is 325 Å². The van der Waals surface area contributed by atoms with Crippen molar-refractivity contribution in [2.45, 2.75) is 130 Å². The number of ether oxygens (including phenoxy) is 1. The second-order valence-electron chi connectivity index (χ2n) is 15.2. The van der Waals surface area contributed by atoms with E-state index < -0.39 is 34.9 Å². The van der Waals surface area contributed by atoms with Crippen molar-refractivity contribution < 1.29 is 46.6 Å². The first kappa shape index (κ1) is 43.8. The fourth-order valence-corrected chi connectivity index (χ4v) is 7.60. The Kier molecular flexibility index (Phi) is 13.3. The molecule has 2 spiro atoms. The van der Waals surface area contributed by atoms with Gasteiger partial charge in [-0.2, -0.15) is 0 Å². The molecule has 304 valence electrons. The molecule has 2 aromatic carbocycles. The van der Waals surface area contributed by atoms with Crippen molar-refractivity contribution in [3.05, 3.63) is 80.3 Å². The highest BCUT2D eigenvalue weighted by molar-refractivity contribution is 6.24. The summed E-state index contributed by atoms with van der Waals surface area (Å²) in [6, 6.07) is 7.70. The number of aliphatic hydroxyl groups excluding tert-OH is 1. The monoisotopic (exact) mass is 784 g/mol. The molecule has 4 aliphatic rings. The molecule has 0 radical (unpaired) electrons. The van der Waals surface area contributed by atoms with Crippen molar-refractivity contribution in [1.29, 1.82) is 0 Å². The van der Waals surface area contributed by atoms with Gasteiger partial charge in [-0.25, -0.2) is 32.1 Å². The smallest absolute Gasteiger partial charge is 0.412 e. The summed E-state index contributed by atoms with van der Waals surface area (Å²) in [4.78, 5) is 49.9. The fourth-order valence-electron chi connectivity index (χ4n) is 7.60. The molecular formula is C42H52F4N4O6. The van der Waals surface area contributed by atoms with Crippen molar-refractivity contribution in [2.24, 2.45) is 4.99 Å². The normalized spacial score (nSPS) is 19.9. The van der Waals surface area contributed by atoms with Crippen LogP contribution in [-0.4, -0.2) is 65.1 Å². The summed E-state index contributed by atoms with van der Waals surface area (Å²) in [5.41, 5.74) is 5.69. The summed E-state index contributed by atoms with van der Waals surface area (Å²) in [5, 5.41) is 18.9. The van der Waals surface area contributed by atoms with Crippen LogP contribution in [-0.2, 0) is 19.1 Å². The topological polar surface area (TPSA) is 146 Å². The third kappa shape index (κ3) is 9.34. The number of amides is 3. The lowest BCUT2D eigenvalue weighted by molar-refractivity contribution is -0.118. The van der Waals surface area contributed by atoms with Crippen molar-refractivity contribution in [3.63, 3.8) is 0 Å². The van der Waals surface area contributed by atoms with Gasteiger partial charge in [0.25, 0.3) is 11.8 Å². The fraction of sp³-hybridized carbons (Fsp3) is 0.524. The third-order valence-corrected chi connectivity index (χ3v) is 11.1. The van der Waals surface area contributed by atoms with E-state index in [2.05, 4.69) is 20.9 Å². The Bertz CT molecular complexity index is 1980. The maximum Gasteiger partial charge on any atom is 0.412 e. The Hall–Kier alpha value is -4.97. The minimum absolute atomic E-state index is 0.0217. The van der Waals surface area contributed by atoms with Gasteiger partial charge in [-0.1, -0.05) is 24.3 Å². The Balaban J connectivity index is 0.000000225. The van der Waals surface area contributed by atoms with Crippen LogP contribution in [0.2, 0.25) is 0 Å². The zero-order valence-corrected chi connectivity index (χ0v) is 33.3. The Morgan fingerprint density at radius 1 is 0.714 bits per heavy atom. The number of aliphatic imine (C=N–C) groups is 1. The quantitative estimate of drug-likeness (QED) is 0.136. The van der Waals surface area contributed by atoms with Gasteiger partial charge < -0.3 is 25.8 Å². The molecule has 2 aromatic rings. The van der Waals surface area contributed by atoms with E-state index in [0.29, 0.717) is 24.2 Å². The van der Waals surface area contributed by atoms with Crippen LogP contribution in [0, 0.1) is 41.5 Å². The van der Waals surface area contributed by atoms with Crippen LogP contribution in [0.25, 0.3) is 11.1 Å². The zero-order valence-electron chi connectivity index (χ0n) is 33.3. The number of rotatable bonds is 5.